The van der Waals surface area contributed by atoms with Gasteiger partial charge in [-0.1, -0.05) is 82.0 Å². The Bertz CT molecular complexity index is 2020. The van der Waals surface area contributed by atoms with E-state index in [2.05, 4.69) is 24.5 Å². The van der Waals surface area contributed by atoms with Gasteiger partial charge in [0, 0.05) is 43.4 Å². The molecule has 3 aliphatic rings. The van der Waals surface area contributed by atoms with Crippen LogP contribution in [0.1, 0.15) is 137 Å². The monoisotopic (exact) mass is 952 g/mol. The summed E-state index contributed by atoms with van der Waals surface area (Å²) in [7, 11) is 0. The predicted octanol–water partition coefficient (Wildman–Crippen LogP) is 4.54. The minimum absolute atomic E-state index is 0.0160. The van der Waals surface area contributed by atoms with Gasteiger partial charge in [0.1, 0.15) is 48.3 Å². The van der Waals surface area contributed by atoms with Crippen LogP contribution < -0.4 is 10.6 Å². The van der Waals surface area contributed by atoms with E-state index in [0.29, 0.717) is 35.1 Å². The van der Waals surface area contributed by atoms with Gasteiger partial charge in [-0.15, -0.1) is 0 Å². The number of rotatable bonds is 24. The van der Waals surface area contributed by atoms with Gasteiger partial charge in [0.15, 0.2) is 12.1 Å². The number of unbranched alkanes of at least 4 members (excludes halogenated alkanes) is 4. The number of hydrogen-bond donors (Lipinski definition) is 7. The number of esters is 2. The third-order valence-electron chi connectivity index (χ3n) is 12.0. The summed E-state index contributed by atoms with van der Waals surface area (Å²) in [4.78, 5) is 53.6. The van der Waals surface area contributed by atoms with Crippen LogP contribution in [0, 0.1) is 0 Å². The highest BCUT2D eigenvalue weighted by Crippen LogP contribution is 2.43. The van der Waals surface area contributed by atoms with Crippen LogP contribution in [0.15, 0.2) is 66.3 Å². The fraction of sp³-hybridized carbons (Fsp3) is 0.608. The molecule has 0 spiro atoms. The van der Waals surface area contributed by atoms with Crippen molar-refractivity contribution in [1.82, 2.24) is 10.6 Å². The van der Waals surface area contributed by atoms with E-state index in [1.165, 1.54) is 0 Å². The van der Waals surface area contributed by atoms with E-state index in [1.54, 1.807) is 87.5 Å². The van der Waals surface area contributed by atoms with Gasteiger partial charge in [-0.25, -0.2) is 4.79 Å². The van der Waals surface area contributed by atoms with Crippen molar-refractivity contribution in [3.8, 4) is 0 Å². The molecule has 0 radical (unpaired) electrons. The second kappa shape index (κ2) is 25.9. The molecule has 2 heterocycles. The Balaban J connectivity index is 1.29. The summed E-state index contributed by atoms with van der Waals surface area (Å²) in [5.74, 6) is -2.89. The third-order valence-corrected chi connectivity index (χ3v) is 12.0. The van der Waals surface area contributed by atoms with E-state index in [4.69, 9.17) is 28.4 Å². The molecule has 0 unspecified atom stereocenters. The average molecular weight is 953 g/mol. The number of nitrogens with one attached hydrogen (secondary N) is 2. The fourth-order valence-corrected chi connectivity index (χ4v) is 8.44. The molecule has 2 saturated heterocycles. The van der Waals surface area contributed by atoms with Crippen LogP contribution in [-0.2, 0) is 44.6 Å². The van der Waals surface area contributed by atoms with Crippen molar-refractivity contribution in [2.75, 3.05) is 19.8 Å². The van der Waals surface area contributed by atoms with E-state index >= 15 is 0 Å². The molecule has 17 heteroatoms. The number of aliphatic hydroxyl groups excluding tert-OH is 5. The summed E-state index contributed by atoms with van der Waals surface area (Å²) >= 11 is 0. The Morgan fingerprint density at radius 1 is 0.897 bits per heavy atom. The van der Waals surface area contributed by atoms with Gasteiger partial charge in [-0.05, 0) is 75.4 Å². The Labute approximate surface area is 399 Å². The molecule has 2 aliphatic heterocycles. The van der Waals surface area contributed by atoms with Gasteiger partial charge < -0.3 is 64.6 Å². The molecular formula is C51H72N2O15. The fourth-order valence-electron chi connectivity index (χ4n) is 8.44. The average Bonchev–Trinajstić information content (AvgIpc) is 3.69. The maximum absolute atomic E-state index is 14.1. The highest BCUT2D eigenvalue weighted by atomic mass is 16.8. The smallest absolute Gasteiger partial charge is 0.339 e. The highest BCUT2D eigenvalue weighted by molar-refractivity contribution is 5.96. The summed E-state index contributed by atoms with van der Waals surface area (Å²) in [5, 5.41) is 55.7. The molecule has 376 valence electrons. The van der Waals surface area contributed by atoms with Crippen molar-refractivity contribution in [2.45, 2.75) is 178 Å². The molecule has 2 fully saturated rings. The molecule has 7 N–H and O–H groups in total. The largest absolute Gasteiger partial charge is 0.460 e. The molecule has 17 nitrogen and oxygen atoms in total. The number of carbonyl (C=O) groups is 4. The second-order valence-electron chi connectivity index (χ2n) is 18.7. The number of ether oxygens (including phenoxy) is 6. The predicted molar refractivity (Wildman–Crippen MR) is 250 cm³/mol. The molecule has 68 heavy (non-hydrogen) atoms. The maximum Gasteiger partial charge on any atom is 0.339 e. The van der Waals surface area contributed by atoms with Crippen molar-refractivity contribution in [3.63, 3.8) is 0 Å². The maximum atomic E-state index is 14.1. The summed E-state index contributed by atoms with van der Waals surface area (Å²) in [5.41, 5.74) is 1.33. The van der Waals surface area contributed by atoms with Crippen LogP contribution in [0.4, 0.5) is 0 Å². The first kappa shape index (κ1) is 54.4. The molecule has 9 atom stereocenters. The SMILES string of the molecule is CCCCCC1(CCCCC)O[C@@H]2[C@@H](C=C(C(=O)NCc3cccc(C(=O)N[C@H](CO)CCC(=O)OC(C)(C)C)c3)C[C@H]2OC(=O)c2ccccc2C=CCO[C@H]2O[C@H](CO)[C@H](O)[C@H](O)[C@H]2O)O1. The molecule has 0 bridgehead atoms. The van der Waals surface area contributed by atoms with Gasteiger partial charge in [-0.3, -0.25) is 14.4 Å². The van der Waals surface area contributed by atoms with E-state index < -0.39 is 96.8 Å². The minimum atomic E-state index is -1.59. The van der Waals surface area contributed by atoms with Crippen LogP contribution in [0.3, 0.4) is 0 Å². The number of amides is 2. The second-order valence-corrected chi connectivity index (χ2v) is 18.7. The van der Waals surface area contributed by atoms with Crippen molar-refractivity contribution in [1.29, 1.82) is 0 Å². The first-order chi connectivity index (χ1) is 32.5. The van der Waals surface area contributed by atoms with Crippen LogP contribution in [0.5, 0.6) is 0 Å². The minimum Gasteiger partial charge on any atom is -0.460 e. The molecule has 5 rings (SSSR count). The Morgan fingerprint density at radius 2 is 1.62 bits per heavy atom. The van der Waals surface area contributed by atoms with Crippen LogP contribution in [-0.4, -0.2) is 136 Å². The van der Waals surface area contributed by atoms with E-state index in [1.807, 2.05) is 0 Å². The number of aliphatic hydroxyl groups is 5. The van der Waals surface area contributed by atoms with Gasteiger partial charge in [0.2, 0.25) is 5.91 Å². The van der Waals surface area contributed by atoms with Crippen molar-refractivity contribution in [3.05, 3.63) is 88.5 Å². The zero-order chi connectivity index (χ0) is 49.4. The summed E-state index contributed by atoms with van der Waals surface area (Å²) in [6.45, 7) is 8.51. The van der Waals surface area contributed by atoms with Crippen molar-refractivity contribution < 1.29 is 73.1 Å². The molecule has 2 amide bonds. The molecule has 1 aliphatic carbocycles. The Hall–Kier alpha value is -4.56. The zero-order valence-electron chi connectivity index (χ0n) is 40.0. The van der Waals surface area contributed by atoms with Crippen molar-refractivity contribution >= 4 is 29.8 Å². The molecule has 2 aromatic carbocycles. The van der Waals surface area contributed by atoms with E-state index in [-0.39, 0.29) is 44.6 Å². The Morgan fingerprint density at radius 3 is 2.29 bits per heavy atom. The number of benzene rings is 2. The normalized spacial score (nSPS) is 25.0. The molecule has 0 saturated carbocycles. The third kappa shape index (κ3) is 15.5. The molecular weight excluding hydrogens is 881 g/mol. The topological polar surface area (TPSA) is 249 Å². The number of hydrogen-bond acceptors (Lipinski definition) is 15. The van der Waals surface area contributed by atoms with E-state index in [9.17, 15) is 44.7 Å². The Kier molecular flexibility index (Phi) is 20.7. The lowest BCUT2D eigenvalue weighted by Gasteiger charge is -2.39. The lowest BCUT2D eigenvalue weighted by molar-refractivity contribution is -0.298. The number of carbonyl (C=O) groups excluding carboxylic acids is 4. The summed E-state index contributed by atoms with van der Waals surface area (Å²) in [6, 6.07) is 12.8. The van der Waals surface area contributed by atoms with Gasteiger partial charge in [0.25, 0.3) is 5.91 Å². The molecule has 2 aromatic rings. The summed E-state index contributed by atoms with van der Waals surface area (Å²) in [6.07, 6.45) is 2.74. The molecule has 0 aromatic heterocycles. The van der Waals surface area contributed by atoms with Crippen molar-refractivity contribution in [2.24, 2.45) is 0 Å². The number of fused-ring (bicyclic) bond motifs is 1. The van der Waals surface area contributed by atoms with Gasteiger partial charge in [0.05, 0.1) is 31.4 Å². The standard InChI is InChI=1S/C51H72N2O15/c1-6-8-12-23-51(24-13-9-7-2)66-39-28-35(46(60)52-29-32-16-14-18-34(26-32)47(61)53-36(30-54)21-22-41(56)67-50(3,4)5)27-38(45(39)68-51)64-48(62)37-20-11-10-17-33(37)19-15-25-63-49-44(59)43(58)42(57)40(31-55)65-49/h10-11,14-20,26,28,36,38-40,42-45,49,54-55,57-59H,6-9,12-13,21-25,27,29-31H2,1-5H3,(H,52,60)(H,53,61)/t36-,38+,39+,40+,42-,43-,44+,45-,49-/m0/s1. The van der Waals surface area contributed by atoms with Gasteiger partial charge in [-0.2, -0.15) is 0 Å². The summed E-state index contributed by atoms with van der Waals surface area (Å²) < 4.78 is 36.2. The lowest BCUT2D eigenvalue weighted by Crippen LogP contribution is -2.59. The quantitative estimate of drug-likeness (QED) is 0.0564. The van der Waals surface area contributed by atoms with Crippen LogP contribution in [0.25, 0.3) is 6.08 Å². The first-order valence-electron chi connectivity index (χ1n) is 24.0. The zero-order valence-corrected chi connectivity index (χ0v) is 40.0. The van der Waals surface area contributed by atoms with Crippen LogP contribution >= 0.6 is 0 Å². The lowest BCUT2D eigenvalue weighted by atomic mass is 9.91. The first-order valence-corrected chi connectivity index (χ1v) is 24.0. The van der Waals surface area contributed by atoms with E-state index in [0.717, 1.165) is 38.5 Å². The highest BCUT2D eigenvalue weighted by Gasteiger charge is 2.52. The van der Waals surface area contributed by atoms with Crippen LogP contribution in [0.2, 0.25) is 0 Å². The van der Waals surface area contributed by atoms with Gasteiger partial charge >= 0.3 is 11.9 Å².